The van der Waals surface area contributed by atoms with E-state index in [0.717, 1.165) is 25.8 Å². The molecule has 106 valence electrons. The second-order valence-corrected chi connectivity index (χ2v) is 5.49. The molecule has 19 heavy (non-hydrogen) atoms. The Morgan fingerprint density at radius 1 is 1.37 bits per heavy atom. The van der Waals surface area contributed by atoms with E-state index in [1.54, 1.807) is 0 Å². The van der Waals surface area contributed by atoms with E-state index < -0.39 is 11.6 Å². The quantitative estimate of drug-likeness (QED) is 0.908. The maximum atomic E-state index is 14.2. The van der Waals surface area contributed by atoms with Gasteiger partial charge in [-0.05, 0) is 50.3 Å². The van der Waals surface area contributed by atoms with E-state index in [1.807, 2.05) is 11.8 Å². The Bertz CT molecular complexity index is 423. The van der Waals surface area contributed by atoms with Crippen LogP contribution in [0.2, 0.25) is 0 Å². The van der Waals surface area contributed by atoms with Gasteiger partial charge in [0.05, 0.1) is 0 Å². The van der Waals surface area contributed by atoms with Crippen molar-refractivity contribution in [3.63, 3.8) is 0 Å². The van der Waals surface area contributed by atoms with Gasteiger partial charge in [-0.1, -0.05) is 6.92 Å². The summed E-state index contributed by atoms with van der Waals surface area (Å²) in [5.41, 5.74) is 6.44. The van der Waals surface area contributed by atoms with Gasteiger partial charge in [0, 0.05) is 18.6 Å². The molecule has 1 saturated heterocycles. The highest BCUT2D eigenvalue weighted by atomic mass is 19.1. The number of anilines is 1. The molecule has 0 aliphatic carbocycles. The number of nitrogens with two attached hydrogens (primary N) is 1. The van der Waals surface area contributed by atoms with Crippen LogP contribution in [0.15, 0.2) is 12.1 Å². The van der Waals surface area contributed by atoms with Gasteiger partial charge in [0.2, 0.25) is 0 Å². The molecule has 2 rings (SSSR count). The summed E-state index contributed by atoms with van der Waals surface area (Å²) in [7, 11) is 0. The minimum atomic E-state index is -0.462. The topological polar surface area (TPSA) is 29.3 Å². The van der Waals surface area contributed by atoms with Crippen LogP contribution in [0.5, 0.6) is 0 Å². The molecule has 0 aromatic heterocycles. The predicted molar refractivity (Wildman–Crippen MR) is 74.4 cm³/mol. The number of hydrogen-bond donors (Lipinski definition) is 1. The molecular weight excluding hydrogens is 246 g/mol. The van der Waals surface area contributed by atoms with E-state index in [1.165, 1.54) is 12.1 Å². The highest BCUT2D eigenvalue weighted by Crippen LogP contribution is 2.32. The lowest BCUT2D eigenvalue weighted by atomic mass is 10.1. The van der Waals surface area contributed by atoms with Crippen LogP contribution in [0.3, 0.4) is 0 Å². The van der Waals surface area contributed by atoms with Crippen LogP contribution in [-0.2, 0) is 6.42 Å². The SMILES string of the molecule is CCC1CCCN1c1c(F)cc(CC(C)N)cc1F. The van der Waals surface area contributed by atoms with E-state index in [0.29, 0.717) is 12.0 Å². The predicted octanol–water partition coefficient (Wildman–Crippen LogP) is 3.23. The summed E-state index contributed by atoms with van der Waals surface area (Å²) in [5.74, 6) is -0.924. The van der Waals surface area contributed by atoms with Gasteiger partial charge in [-0.15, -0.1) is 0 Å². The Morgan fingerprint density at radius 2 is 2.00 bits per heavy atom. The van der Waals surface area contributed by atoms with Crippen LogP contribution < -0.4 is 10.6 Å². The van der Waals surface area contributed by atoms with Gasteiger partial charge < -0.3 is 10.6 Å². The lowest BCUT2D eigenvalue weighted by Gasteiger charge is -2.27. The number of benzene rings is 1. The Hall–Kier alpha value is -1.16. The van der Waals surface area contributed by atoms with Crippen LogP contribution in [0.1, 0.15) is 38.7 Å². The first-order chi connectivity index (χ1) is 9.02. The monoisotopic (exact) mass is 268 g/mol. The van der Waals surface area contributed by atoms with Crippen LogP contribution in [-0.4, -0.2) is 18.6 Å². The molecule has 1 aliphatic heterocycles. The first-order valence-corrected chi connectivity index (χ1v) is 7.03. The van der Waals surface area contributed by atoms with Crippen molar-refractivity contribution in [1.82, 2.24) is 0 Å². The van der Waals surface area contributed by atoms with Crippen molar-refractivity contribution in [2.45, 2.75) is 51.6 Å². The molecule has 2 nitrogen and oxygen atoms in total. The smallest absolute Gasteiger partial charge is 0.149 e. The average molecular weight is 268 g/mol. The van der Waals surface area contributed by atoms with Gasteiger partial charge in [-0.2, -0.15) is 0 Å². The number of nitrogens with zero attached hydrogens (tertiary/aromatic N) is 1. The Labute approximate surface area is 113 Å². The Kier molecular flexibility index (Phi) is 4.40. The highest BCUT2D eigenvalue weighted by Gasteiger charge is 2.28. The largest absolute Gasteiger partial charge is 0.364 e. The molecule has 2 N–H and O–H groups in total. The van der Waals surface area contributed by atoms with E-state index in [9.17, 15) is 8.78 Å². The summed E-state index contributed by atoms with van der Waals surface area (Å²) in [6.45, 7) is 4.62. The number of hydrogen-bond acceptors (Lipinski definition) is 2. The molecule has 1 fully saturated rings. The molecule has 1 heterocycles. The molecule has 0 amide bonds. The molecule has 0 bridgehead atoms. The third-order valence-corrected chi connectivity index (χ3v) is 3.77. The van der Waals surface area contributed by atoms with E-state index in [2.05, 4.69) is 6.92 Å². The van der Waals surface area contributed by atoms with Crippen LogP contribution in [0, 0.1) is 11.6 Å². The third kappa shape index (κ3) is 3.06. The molecule has 0 radical (unpaired) electrons. The standard InChI is InChI=1S/C15H22F2N2/c1-3-12-5-4-6-19(12)15-13(16)8-11(7-10(2)18)9-14(15)17/h8-10,12H,3-7,18H2,1-2H3. The first kappa shape index (κ1) is 14.3. The zero-order valence-electron chi connectivity index (χ0n) is 11.6. The molecule has 1 aromatic carbocycles. The first-order valence-electron chi connectivity index (χ1n) is 7.03. The number of halogens is 2. The summed E-state index contributed by atoms with van der Waals surface area (Å²) < 4.78 is 28.4. The minimum absolute atomic E-state index is 0.0974. The molecule has 0 spiro atoms. The van der Waals surface area contributed by atoms with Gasteiger partial charge in [-0.25, -0.2) is 8.78 Å². The highest BCUT2D eigenvalue weighted by molar-refractivity contribution is 5.52. The molecule has 4 heteroatoms. The molecular formula is C15H22F2N2. The summed E-state index contributed by atoms with van der Waals surface area (Å²) in [4.78, 5) is 1.88. The summed E-state index contributed by atoms with van der Waals surface area (Å²) >= 11 is 0. The van der Waals surface area contributed by atoms with Crippen LogP contribution in [0.4, 0.5) is 14.5 Å². The normalized spacial score (nSPS) is 20.9. The van der Waals surface area contributed by atoms with Gasteiger partial charge in [0.1, 0.15) is 17.3 Å². The average Bonchev–Trinajstić information content (AvgIpc) is 2.75. The lowest BCUT2D eigenvalue weighted by molar-refractivity contribution is 0.552. The van der Waals surface area contributed by atoms with Crippen molar-refractivity contribution >= 4 is 5.69 Å². The lowest BCUT2D eigenvalue weighted by Crippen LogP contribution is -2.30. The van der Waals surface area contributed by atoms with Gasteiger partial charge in [-0.3, -0.25) is 0 Å². The Balaban J connectivity index is 2.31. The summed E-state index contributed by atoms with van der Waals surface area (Å²) in [6.07, 6.45) is 3.42. The van der Waals surface area contributed by atoms with E-state index >= 15 is 0 Å². The van der Waals surface area contributed by atoms with Crippen molar-refractivity contribution in [3.05, 3.63) is 29.3 Å². The van der Waals surface area contributed by atoms with Gasteiger partial charge in [0.25, 0.3) is 0 Å². The maximum Gasteiger partial charge on any atom is 0.149 e. The number of rotatable bonds is 4. The van der Waals surface area contributed by atoms with E-state index in [4.69, 9.17) is 5.73 Å². The fourth-order valence-electron chi connectivity index (χ4n) is 2.94. The maximum absolute atomic E-state index is 14.2. The second kappa shape index (κ2) is 5.87. The zero-order valence-corrected chi connectivity index (χ0v) is 11.6. The fourth-order valence-corrected chi connectivity index (χ4v) is 2.94. The molecule has 2 atom stereocenters. The van der Waals surface area contributed by atoms with E-state index in [-0.39, 0.29) is 17.8 Å². The van der Waals surface area contributed by atoms with Crippen molar-refractivity contribution in [2.24, 2.45) is 5.73 Å². The van der Waals surface area contributed by atoms with Crippen molar-refractivity contribution in [2.75, 3.05) is 11.4 Å². The van der Waals surface area contributed by atoms with Crippen molar-refractivity contribution < 1.29 is 8.78 Å². The van der Waals surface area contributed by atoms with Crippen molar-refractivity contribution in [1.29, 1.82) is 0 Å². The summed E-state index contributed by atoms with van der Waals surface area (Å²) in [5, 5.41) is 0. The van der Waals surface area contributed by atoms with Crippen molar-refractivity contribution in [3.8, 4) is 0 Å². The van der Waals surface area contributed by atoms with Gasteiger partial charge >= 0.3 is 0 Å². The third-order valence-electron chi connectivity index (χ3n) is 3.77. The molecule has 1 aliphatic rings. The Morgan fingerprint density at radius 3 is 2.53 bits per heavy atom. The van der Waals surface area contributed by atoms with Crippen LogP contribution in [0.25, 0.3) is 0 Å². The van der Waals surface area contributed by atoms with Crippen LogP contribution >= 0.6 is 0 Å². The molecule has 1 aromatic rings. The molecule has 2 unspecified atom stereocenters. The molecule has 0 saturated carbocycles. The van der Waals surface area contributed by atoms with Gasteiger partial charge in [0.15, 0.2) is 0 Å². The zero-order chi connectivity index (χ0) is 14.0. The summed E-state index contributed by atoms with van der Waals surface area (Å²) in [6, 6.07) is 3.00. The fraction of sp³-hybridized carbons (Fsp3) is 0.600. The minimum Gasteiger partial charge on any atom is -0.364 e. The second-order valence-electron chi connectivity index (χ2n) is 5.49.